The molecule has 10 nitrogen and oxygen atoms in total. The Labute approximate surface area is 328 Å². The number of esters is 1. The first kappa shape index (κ1) is 44.1. The van der Waals surface area contributed by atoms with E-state index in [1.54, 1.807) is 19.2 Å². The second kappa shape index (κ2) is 21.5. The normalized spacial score (nSPS) is 13.9. The second-order valence-electron chi connectivity index (χ2n) is 14.1. The summed E-state index contributed by atoms with van der Waals surface area (Å²) in [7, 11) is 3.21. The zero-order valence-electron chi connectivity index (χ0n) is 32.8. The summed E-state index contributed by atoms with van der Waals surface area (Å²) in [6, 6.07) is 12.1. The first-order valence-electron chi connectivity index (χ1n) is 18.2. The van der Waals surface area contributed by atoms with Crippen molar-refractivity contribution in [3.05, 3.63) is 92.0 Å². The molecule has 4 rings (SSSR count). The molecule has 0 aromatic heterocycles. The Morgan fingerprint density at radius 1 is 0.833 bits per heavy atom. The summed E-state index contributed by atoms with van der Waals surface area (Å²) < 4.78 is 27.6. The maximum absolute atomic E-state index is 11.7. The monoisotopic (exact) mass is 809 g/mol. The lowest BCUT2D eigenvalue weighted by Gasteiger charge is -2.26. The molecule has 0 saturated carbocycles. The minimum absolute atomic E-state index is 0.0374. The predicted octanol–water partition coefficient (Wildman–Crippen LogP) is 8.82. The zero-order chi connectivity index (χ0) is 39.8. The van der Waals surface area contributed by atoms with E-state index >= 15 is 0 Å². The summed E-state index contributed by atoms with van der Waals surface area (Å²) in [6.07, 6.45) is 8.57. The Morgan fingerprint density at radius 3 is 1.93 bits per heavy atom. The molecule has 1 aliphatic heterocycles. The maximum Gasteiger partial charge on any atom is 0.306 e. The minimum atomic E-state index is -0.831. The van der Waals surface area contributed by atoms with Gasteiger partial charge in [0.05, 0.1) is 40.1 Å². The molecule has 3 aromatic rings. The molecule has 11 heteroatoms. The van der Waals surface area contributed by atoms with E-state index in [2.05, 4.69) is 45.5 Å². The van der Waals surface area contributed by atoms with Crippen molar-refractivity contribution in [1.82, 2.24) is 5.32 Å². The molecule has 0 aliphatic carbocycles. The number of carbonyl (C=O) groups is 2. The van der Waals surface area contributed by atoms with Crippen LogP contribution in [0, 0.1) is 20.8 Å². The molecular weight excluding hydrogens is 754 g/mol. The van der Waals surface area contributed by atoms with Gasteiger partial charge in [0.15, 0.2) is 23.0 Å². The molecule has 0 saturated heterocycles. The number of nitrogens with one attached hydrogen (secondary N) is 1. The van der Waals surface area contributed by atoms with Crippen molar-refractivity contribution in [1.29, 1.82) is 0 Å². The van der Waals surface area contributed by atoms with E-state index in [1.807, 2.05) is 71.9 Å². The maximum atomic E-state index is 11.7. The number of hydrogen-bond acceptors (Lipinski definition) is 9. The largest absolute Gasteiger partial charge is 0.493 e. The van der Waals surface area contributed by atoms with Gasteiger partial charge in [-0.15, -0.1) is 0 Å². The molecule has 3 aromatic carbocycles. The van der Waals surface area contributed by atoms with E-state index < -0.39 is 11.6 Å². The molecule has 0 spiro atoms. The Bertz CT molecular complexity index is 1780. The van der Waals surface area contributed by atoms with E-state index in [4.69, 9.17) is 28.8 Å². The number of carbonyl (C=O) groups excluding carboxylic acids is 1. The van der Waals surface area contributed by atoms with E-state index in [0.717, 1.165) is 46.3 Å². The van der Waals surface area contributed by atoms with Crippen LogP contribution in [-0.4, -0.2) is 61.7 Å². The summed E-state index contributed by atoms with van der Waals surface area (Å²) in [5, 5.41) is 22.0. The number of carboxylic acid groups (broad SMARTS) is 1. The third kappa shape index (κ3) is 13.8. The highest BCUT2D eigenvalue weighted by atomic mass is 79.9. The number of methoxy groups -OCH3 is 2. The van der Waals surface area contributed by atoms with E-state index in [1.165, 1.54) is 11.1 Å². The van der Waals surface area contributed by atoms with Gasteiger partial charge >= 0.3 is 11.9 Å². The van der Waals surface area contributed by atoms with Gasteiger partial charge in [-0.3, -0.25) is 9.59 Å². The SMILES string of the molecule is COc1cc(C)c(/C=C/Br)cc1OCCCC(=O)OC(C)(C)C.COc1cc(C)c(/C=C/C2NCCc3cc(C)c(CO)cc32)cc1OCCCC(=O)O. The minimum Gasteiger partial charge on any atom is -0.493 e. The van der Waals surface area contributed by atoms with Gasteiger partial charge in [0, 0.05) is 19.4 Å². The van der Waals surface area contributed by atoms with Crippen LogP contribution in [0.25, 0.3) is 12.2 Å². The number of carboxylic acids is 1. The third-order valence-corrected chi connectivity index (χ3v) is 8.94. The van der Waals surface area contributed by atoms with Crippen LogP contribution in [0.3, 0.4) is 0 Å². The first-order valence-corrected chi connectivity index (χ1v) is 19.1. The number of fused-ring (bicyclic) bond motifs is 1. The van der Waals surface area contributed by atoms with Crippen LogP contribution in [0.15, 0.2) is 47.5 Å². The van der Waals surface area contributed by atoms with Gasteiger partial charge in [0.2, 0.25) is 0 Å². The van der Waals surface area contributed by atoms with Crippen LogP contribution in [0.5, 0.6) is 23.0 Å². The number of aliphatic carboxylic acids is 1. The van der Waals surface area contributed by atoms with Gasteiger partial charge in [0.25, 0.3) is 0 Å². The van der Waals surface area contributed by atoms with Crippen molar-refractivity contribution in [2.45, 2.75) is 91.9 Å². The Morgan fingerprint density at radius 2 is 1.41 bits per heavy atom. The first-order chi connectivity index (χ1) is 25.7. The number of halogens is 1. The van der Waals surface area contributed by atoms with Gasteiger partial charge in [-0.2, -0.15) is 0 Å². The number of benzene rings is 3. The lowest BCUT2D eigenvalue weighted by atomic mass is 9.89. The zero-order valence-corrected chi connectivity index (χ0v) is 34.4. The van der Waals surface area contributed by atoms with Gasteiger partial charge in [-0.1, -0.05) is 40.2 Å². The summed E-state index contributed by atoms with van der Waals surface area (Å²) in [5.74, 6) is 1.56. The average molecular weight is 811 g/mol. The van der Waals surface area contributed by atoms with E-state index in [-0.39, 0.29) is 25.0 Å². The van der Waals surface area contributed by atoms with Gasteiger partial charge in [0.1, 0.15) is 5.60 Å². The van der Waals surface area contributed by atoms with Crippen molar-refractivity contribution < 1.29 is 43.5 Å². The van der Waals surface area contributed by atoms with Crippen LogP contribution >= 0.6 is 15.9 Å². The molecule has 1 heterocycles. The van der Waals surface area contributed by atoms with Crippen molar-refractivity contribution >= 4 is 40.0 Å². The van der Waals surface area contributed by atoms with Crippen LogP contribution in [0.1, 0.15) is 97.0 Å². The number of hydrogen-bond donors (Lipinski definition) is 3. The summed E-state index contributed by atoms with van der Waals surface area (Å²) in [5.41, 5.74) is 8.36. The third-order valence-electron chi connectivity index (χ3n) is 8.67. The van der Waals surface area contributed by atoms with Crippen molar-refractivity contribution in [2.75, 3.05) is 34.0 Å². The van der Waals surface area contributed by atoms with Gasteiger partial charge in [-0.05, 0) is 141 Å². The van der Waals surface area contributed by atoms with E-state index in [9.17, 15) is 14.7 Å². The number of aliphatic hydroxyl groups is 1. The quantitative estimate of drug-likeness (QED) is 0.0953. The fourth-order valence-corrected chi connectivity index (χ4v) is 6.16. The van der Waals surface area contributed by atoms with Crippen molar-refractivity contribution in [3.63, 3.8) is 0 Å². The van der Waals surface area contributed by atoms with E-state index in [0.29, 0.717) is 55.5 Å². The van der Waals surface area contributed by atoms with Crippen LogP contribution in [0.4, 0.5) is 0 Å². The highest BCUT2D eigenvalue weighted by Crippen LogP contribution is 2.34. The molecular formula is C43H56BrNO9. The predicted molar refractivity (Wildman–Crippen MR) is 217 cm³/mol. The molecule has 54 heavy (non-hydrogen) atoms. The Balaban J connectivity index is 0.000000305. The average Bonchev–Trinajstić information content (AvgIpc) is 3.11. The molecule has 1 atom stereocenters. The standard InChI is InChI=1S/C25H31NO5.C18H25BrO4/c1-16-11-19-8-9-26-22(21(19)13-20(16)15-27)7-6-18-14-24(23(30-3)12-17(18)2)31-10-4-5-25(28)29;1-13-11-15(21-5)16(12-14(13)8-9-19)22-10-6-7-17(20)23-18(2,3)4/h6-7,11-14,22,26-27H,4-5,8-10,15H2,1-3H3,(H,28,29);8-9,11-12H,6-7,10H2,1-5H3/b7-6+;9-8+. The topological polar surface area (TPSA) is 133 Å². The molecule has 294 valence electrons. The molecule has 1 aliphatic rings. The Hall–Kier alpha value is -4.32. The fourth-order valence-electron chi connectivity index (χ4n) is 5.87. The number of ether oxygens (including phenoxy) is 5. The molecule has 3 N–H and O–H groups in total. The molecule has 0 bridgehead atoms. The van der Waals surface area contributed by atoms with Crippen LogP contribution in [-0.2, 0) is 27.4 Å². The number of aliphatic hydroxyl groups excluding tert-OH is 1. The molecule has 0 fully saturated rings. The van der Waals surface area contributed by atoms with Gasteiger partial charge in [-0.25, -0.2) is 0 Å². The number of aryl methyl sites for hydroxylation is 3. The fraction of sp³-hybridized carbons (Fsp3) is 0.442. The summed E-state index contributed by atoms with van der Waals surface area (Å²) in [6.45, 7) is 13.3. The lowest BCUT2D eigenvalue weighted by molar-refractivity contribution is -0.155. The van der Waals surface area contributed by atoms with Crippen LogP contribution in [0.2, 0.25) is 0 Å². The molecule has 0 radical (unpaired) electrons. The summed E-state index contributed by atoms with van der Waals surface area (Å²) >= 11 is 3.28. The molecule has 0 amide bonds. The molecule has 1 unspecified atom stereocenters. The Kier molecular flexibility index (Phi) is 17.6. The number of rotatable bonds is 16. The highest BCUT2D eigenvalue weighted by Gasteiger charge is 2.20. The van der Waals surface area contributed by atoms with Crippen molar-refractivity contribution in [3.8, 4) is 23.0 Å². The summed E-state index contributed by atoms with van der Waals surface area (Å²) in [4.78, 5) is 24.2. The smallest absolute Gasteiger partial charge is 0.306 e. The highest BCUT2D eigenvalue weighted by molar-refractivity contribution is 9.11. The lowest BCUT2D eigenvalue weighted by Crippen LogP contribution is -2.28. The van der Waals surface area contributed by atoms with Crippen molar-refractivity contribution in [2.24, 2.45) is 0 Å². The van der Waals surface area contributed by atoms with Crippen LogP contribution < -0.4 is 24.3 Å². The second-order valence-corrected chi connectivity index (χ2v) is 14.6. The van der Waals surface area contributed by atoms with Gasteiger partial charge < -0.3 is 39.2 Å².